The molecule has 0 spiro atoms. The van der Waals surface area contributed by atoms with E-state index in [4.69, 9.17) is 4.74 Å². The van der Waals surface area contributed by atoms with Gasteiger partial charge in [0.15, 0.2) is 0 Å². The van der Waals surface area contributed by atoms with Crippen molar-refractivity contribution in [2.24, 2.45) is 0 Å². The van der Waals surface area contributed by atoms with Crippen LogP contribution in [-0.4, -0.2) is 26.6 Å². The predicted octanol–water partition coefficient (Wildman–Crippen LogP) is 2.87. The molecule has 1 N–H and O–H groups in total. The van der Waals surface area contributed by atoms with Crippen LogP contribution >= 0.6 is 0 Å². The Morgan fingerprint density at radius 3 is 2.62 bits per heavy atom. The molecule has 108 valence electrons. The molecular weight excluding hydrogens is 264 g/mol. The summed E-state index contributed by atoms with van der Waals surface area (Å²) in [5.74, 6) is 0.749. The molecule has 21 heavy (non-hydrogen) atoms. The van der Waals surface area contributed by atoms with E-state index in [0.29, 0.717) is 6.54 Å². The average molecular weight is 282 g/mol. The number of ether oxygens (including phenoxy) is 1. The fourth-order valence-corrected chi connectivity index (χ4v) is 2.67. The molecule has 1 atom stereocenters. The number of rotatable bonds is 3. The van der Waals surface area contributed by atoms with Crippen LogP contribution in [-0.2, 0) is 4.79 Å². The van der Waals surface area contributed by atoms with Gasteiger partial charge in [-0.1, -0.05) is 18.2 Å². The zero-order chi connectivity index (χ0) is 14.8. The molecule has 1 amide bonds. The first kappa shape index (κ1) is 13.5. The SMILES string of the molecule is COc1ccc(N(C)C(=O)C2CNc3ccccc32)cc1. The number of fused-ring (bicyclic) bond motifs is 1. The number of methoxy groups -OCH3 is 1. The van der Waals surface area contributed by atoms with E-state index in [1.54, 1.807) is 12.0 Å². The van der Waals surface area contributed by atoms with Crippen molar-refractivity contribution in [1.82, 2.24) is 0 Å². The van der Waals surface area contributed by atoms with Crippen molar-refractivity contribution in [2.45, 2.75) is 5.92 Å². The van der Waals surface area contributed by atoms with E-state index in [1.807, 2.05) is 55.6 Å². The number of carbonyl (C=O) groups is 1. The third kappa shape index (κ3) is 2.44. The van der Waals surface area contributed by atoms with Gasteiger partial charge in [0.1, 0.15) is 5.75 Å². The van der Waals surface area contributed by atoms with E-state index in [2.05, 4.69) is 5.32 Å². The summed E-state index contributed by atoms with van der Waals surface area (Å²) in [6.07, 6.45) is 0. The third-order valence-corrected chi connectivity index (χ3v) is 3.92. The third-order valence-electron chi connectivity index (χ3n) is 3.92. The number of hydrogen-bond acceptors (Lipinski definition) is 3. The van der Waals surface area contributed by atoms with E-state index in [0.717, 1.165) is 22.7 Å². The van der Waals surface area contributed by atoms with Gasteiger partial charge in [-0.3, -0.25) is 4.79 Å². The first-order valence-corrected chi connectivity index (χ1v) is 6.95. The van der Waals surface area contributed by atoms with Crippen molar-refractivity contribution in [2.75, 3.05) is 30.9 Å². The monoisotopic (exact) mass is 282 g/mol. The van der Waals surface area contributed by atoms with Crippen LogP contribution in [0.4, 0.5) is 11.4 Å². The van der Waals surface area contributed by atoms with Gasteiger partial charge >= 0.3 is 0 Å². The van der Waals surface area contributed by atoms with Crippen LogP contribution in [0.3, 0.4) is 0 Å². The fourth-order valence-electron chi connectivity index (χ4n) is 2.67. The molecule has 1 aliphatic heterocycles. The van der Waals surface area contributed by atoms with Gasteiger partial charge in [0.05, 0.1) is 13.0 Å². The smallest absolute Gasteiger partial charge is 0.236 e. The molecule has 0 aliphatic carbocycles. The summed E-state index contributed by atoms with van der Waals surface area (Å²) in [6.45, 7) is 0.651. The Bertz CT molecular complexity index is 652. The summed E-state index contributed by atoms with van der Waals surface area (Å²) in [7, 11) is 3.44. The van der Waals surface area contributed by atoms with E-state index in [-0.39, 0.29) is 11.8 Å². The largest absolute Gasteiger partial charge is 0.497 e. The number of carbonyl (C=O) groups excluding carboxylic acids is 1. The van der Waals surface area contributed by atoms with E-state index < -0.39 is 0 Å². The number of anilines is 2. The summed E-state index contributed by atoms with van der Waals surface area (Å²) in [5.41, 5.74) is 2.99. The van der Waals surface area contributed by atoms with Crippen molar-refractivity contribution in [1.29, 1.82) is 0 Å². The lowest BCUT2D eigenvalue weighted by molar-refractivity contribution is -0.119. The lowest BCUT2D eigenvalue weighted by atomic mass is 10.00. The highest BCUT2D eigenvalue weighted by Crippen LogP contribution is 2.33. The molecule has 0 radical (unpaired) electrons. The molecule has 1 aliphatic rings. The zero-order valence-electron chi connectivity index (χ0n) is 12.2. The predicted molar refractivity (Wildman–Crippen MR) is 84.1 cm³/mol. The molecule has 0 fully saturated rings. The summed E-state index contributed by atoms with van der Waals surface area (Å²) in [6, 6.07) is 15.5. The molecule has 0 saturated heterocycles. The van der Waals surface area contributed by atoms with Crippen molar-refractivity contribution in [3.8, 4) is 5.75 Å². The van der Waals surface area contributed by atoms with Gasteiger partial charge in [-0.2, -0.15) is 0 Å². The lowest BCUT2D eigenvalue weighted by Crippen LogP contribution is -2.32. The zero-order valence-corrected chi connectivity index (χ0v) is 12.2. The maximum Gasteiger partial charge on any atom is 0.236 e. The molecule has 3 rings (SSSR count). The Morgan fingerprint density at radius 1 is 1.19 bits per heavy atom. The molecule has 4 nitrogen and oxygen atoms in total. The van der Waals surface area contributed by atoms with Crippen molar-refractivity contribution < 1.29 is 9.53 Å². The maximum absolute atomic E-state index is 12.7. The highest BCUT2D eigenvalue weighted by atomic mass is 16.5. The number of para-hydroxylation sites is 1. The molecule has 0 saturated carbocycles. The van der Waals surface area contributed by atoms with Gasteiger partial charge in [-0.15, -0.1) is 0 Å². The molecule has 0 aromatic heterocycles. The van der Waals surface area contributed by atoms with Crippen LogP contribution in [0.25, 0.3) is 0 Å². The van der Waals surface area contributed by atoms with Gasteiger partial charge < -0.3 is 15.0 Å². The topological polar surface area (TPSA) is 41.6 Å². The molecule has 1 unspecified atom stereocenters. The van der Waals surface area contributed by atoms with Crippen LogP contribution in [0, 0.1) is 0 Å². The van der Waals surface area contributed by atoms with Crippen molar-refractivity contribution >= 4 is 17.3 Å². The second-order valence-corrected chi connectivity index (χ2v) is 5.12. The van der Waals surface area contributed by atoms with Crippen LogP contribution in [0.5, 0.6) is 5.75 Å². The Hall–Kier alpha value is -2.49. The van der Waals surface area contributed by atoms with Crippen LogP contribution < -0.4 is 15.0 Å². The van der Waals surface area contributed by atoms with Gasteiger partial charge in [-0.25, -0.2) is 0 Å². The van der Waals surface area contributed by atoms with Gasteiger partial charge in [0.2, 0.25) is 5.91 Å². The number of nitrogens with one attached hydrogen (secondary N) is 1. The molecule has 0 bridgehead atoms. The lowest BCUT2D eigenvalue weighted by Gasteiger charge is -2.21. The number of hydrogen-bond donors (Lipinski definition) is 1. The summed E-state index contributed by atoms with van der Waals surface area (Å²) < 4.78 is 5.14. The minimum absolute atomic E-state index is 0.0950. The Morgan fingerprint density at radius 2 is 1.90 bits per heavy atom. The minimum atomic E-state index is -0.131. The summed E-state index contributed by atoms with van der Waals surface area (Å²) in [4.78, 5) is 14.4. The highest BCUT2D eigenvalue weighted by molar-refractivity contribution is 5.99. The highest BCUT2D eigenvalue weighted by Gasteiger charge is 2.30. The Balaban J connectivity index is 1.82. The quantitative estimate of drug-likeness (QED) is 0.941. The second kappa shape index (κ2) is 5.48. The first-order chi connectivity index (χ1) is 10.2. The Kier molecular flexibility index (Phi) is 3.52. The summed E-state index contributed by atoms with van der Waals surface area (Å²) in [5, 5.41) is 3.29. The number of benzene rings is 2. The standard InChI is InChI=1S/C17H18N2O2/c1-19(12-7-9-13(21-2)10-8-12)17(20)15-11-18-16-6-4-3-5-14(15)16/h3-10,15,18H,11H2,1-2H3. The summed E-state index contributed by atoms with van der Waals surface area (Å²) >= 11 is 0. The van der Waals surface area contributed by atoms with Crippen molar-refractivity contribution in [3.63, 3.8) is 0 Å². The van der Waals surface area contributed by atoms with Crippen LogP contribution in [0.1, 0.15) is 11.5 Å². The van der Waals surface area contributed by atoms with Crippen LogP contribution in [0.15, 0.2) is 48.5 Å². The molecule has 4 heteroatoms. The van der Waals surface area contributed by atoms with Crippen molar-refractivity contribution in [3.05, 3.63) is 54.1 Å². The molecule has 2 aromatic rings. The van der Waals surface area contributed by atoms with Gasteiger partial charge in [-0.05, 0) is 35.9 Å². The van der Waals surface area contributed by atoms with Crippen LogP contribution in [0.2, 0.25) is 0 Å². The van der Waals surface area contributed by atoms with E-state index >= 15 is 0 Å². The first-order valence-electron chi connectivity index (χ1n) is 6.95. The minimum Gasteiger partial charge on any atom is -0.497 e. The normalized spacial score (nSPS) is 16.0. The average Bonchev–Trinajstić information content (AvgIpc) is 2.97. The number of nitrogens with zero attached hydrogens (tertiary/aromatic N) is 1. The van der Waals surface area contributed by atoms with E-state index in [9.17, 15) is 4.79 Å². The van der Waals surface area contributed by atoms with E-state index in [1.165, 1.54) is 0 Å². The number of likely N-dealkylation sites (N-methyl/N-ethyl adjacent to an activating group) is 1. The molecule has 2 aromatic carbocycles. The number of amides is 1. The Labute approximate surface area is 124 Å². The molecular formula is C17H18N2O2. The van der Waals surface area contributed by atoms with Gasteiger partial charge in [0.25, 0.3) is 0 Å². The molecule has 1 heterocycles. The fraction of sp³-hybridized carbons (Fsp3) is 0.235. The second-order valence-electron chi connectivity index (χ2n) is 5.12. The maximum atomic E-state index is 12.7. The van der Waals surface area contributed by atoms with Gasteiger partial charge in [0, 0.05) is 25.0 Å².